The van der Waals surface area contributed by atoms with Gasteiger partial charge in [-0.05, 0) is 11.1 Å². The van der Waals surface area contributed by atoms with Gasteiger partial charge in [-0.1, -0.05) is 78.9 Å². The van der Waals surface area contributed by atoms with Gasteiger partial charge in [-0.2, -0.15) is 0 Å². The third kappa shape index (κ3) is 7.66. The van der Waals surface area contributed by atoms with E-state index < -0.39 is 34.9 Å². The number of nitrogens with zero attached hydrogens (tertiary/aromatic N) is 1. The normalized spacial score (nSPS) is 12.1. The largest absolute Gasteiger partial charge is 0.445 e. The molecule has 3 amide bonds. The zero-order valence-corrected chi connectivity index (χ0v) is 19.3. The van der Waals surface area contributed by atoms with Gasteiger partial charge in [-0.15, -0.1) is 0 Å². The summed E-state index contributed by atoms with van der Waals surface area (Å²) < 4.78 is 5.24. The van der Waals surface area contributed by atoms with Gasteiger partial charge in [0.15, 0.2) is 0 Å². The van der Waals surface area contributed by atoms with Gasteiger partial charge < -0.3 is 21.1 Å². The molecule has 0 unspecified atom stereocenters. The van der Waals surface area contributed by atoms with E-state index in [0.29, 0.717) is 0 Å². The highest BCUT2D eigenvalue weighted by Gasteiger charge is 2.28. The van der Waals surface area contributed by atoms with Crippen molar-refractivity contribution in [1.82, 2.24) is 10.6 Å². The molecule has 2 atom stereocenters. The van der Waals surface area contributed by atoms with Crippen molar-refractivity contribution in [3.63, 3.8) is 0 Å². The van der Waals surface area contributed by atoms with Crippen LogP contribution in [0.1, 0.15) is 16.7 Å². The van der Waals surface area contributed by atoms with E-state index in [9.17, 15) is 24.5 Å². The molecule has 3 aromatic carbocycles. The number of hydrogen-bond donors (Lipinski definition) is 3. The average molecular weight is 491 g/mol. The van der Waals surface area contributed by atoms with Crippen molar-refractivity contribution in [3.8, 4) is 0 Å². The van der Waals surface area contributed by atoms with Gasteiger partial charge in [0.05, 0.1) is 4.92 Å². The molecule has 0 aliphatic rings. The fourth-order valence-electron chi connectivity index (χ4n) is 3.54. The summed E-state index contributed by atoms with van der Waals surface area (Å²) >= 11 is 0. The van der Waals surface area contributed by atoms with Crippen LogP contribution in [0.3, 0.4) is 0 Å². The van der Waals surface area contributed by atoms with E-state index in [1.54, 1.807) is 42.5 Å². The number of amides is 3. The van der Waals surface area contributed by atoms with Gasteiger partial charge in [0.1, 0.15) is 18.7 Å². The Morgan fingerprint density at radius 1 is 0.806 bits per heavy atom. The van der Waals surface area contributed by atoms with E-state index in [4.69, 9.17) is 10.5 Å². The van der Waals surface area contributed by atoms with Crippen molar-refractivity contribution < 1.29 is 24.0 Å². The first-order valence-electron chi connectivity index (χ1n) is 11.2. The molecule has 3 rings (SSSR count). The number of alkyl carbamates (subject to hydrolysis) is 1. The quantitative estimate of drug-likeness (QED) is 0.277. The summed E-state index contributed by atoms with van der Waals surface area (Å²) in [4.78, 5) is 48.5. The highest BCUT2D eigenvalue weighted by atomic mass is 16.6. The number of nitro benzene ring substituents is 1. The van der Waals surface area contributed by atoms with Gasteiger partial charge >= 0.3 is 6.09 Å². The number of para-hydroxylation sites is 1. The van der Waals surface area contributed by atoms with Crippen molar-refractivity contribution in [3.05, 3.63) is 112 Å². The number of ether oxygens (including phenoxy) is 1. The molecule has 0 saturated heterocycles. The molecule has 0 aliphatic carbocycles. The van der Waals surface area contributed by atoms with Crippen LogP contribution in [0.25, 0.3) is 0 Å². The Morgan fingerprint density at radius 3 is 2.00 bits per heavy atom. The maximum Gasteiger partial charge on any atom is 0.408 e. The van der Waals surface area contributed by atoms with Crippen LogP contribution < -0.4 is 16.4 Å². The summed E-state index contributed by atoms with van der Waals surface area (Å²) in [6, 6.07) is 21.6. The van der Waals surface area contributed by atoms with E-state index >= 15 is 0 Å². The van der Waals surface area contributed by atoms with Crippen LogP contribution in [0.5, 0.6) is 0 Å². The van der Waals surface area contributed by atoms with Gasteiger partial charge in [0.25, 0.3) is 5.69 Å². The molecule has 10 nitrogen and oxygen atoms in total. The second-order valence-electron chi connectivity index (χ2n) is 8.00. The summed E-state index contributed by atoms with van der Waals surface area (Å²) in [5, 5.41) is 16.4. The van der Waals surface area contributed by atoms with Crippen LogP contribution in [0, 0.1) is 10.1 Å². The van der Waals surface area contributed by atoms with Crippen molar-refractivity contribution in [2.75, 3.05) is 0 Å². The van der Waals surface area contributed by atoms with E-state index in [1.165, 1.54) is 18.2 Å². The molecular weight excluding hydrogens is 464 g/mol. The Bertz CT molecular complexity index is 1200. The fraction of sp³-hybridized carbons (Fsp3) is 0.192. The summed E-state index contributed by atoms with van der Waals surface area (Å²) in [6.45, 7) is 0.00787. The maximum absolute atomic E-state index is 13.2. The number of rotatable bonds is 11. The predicted octanol–water partition coefficient (Wildman–Crippen LogP) is 2.65. The number of carbonyl (C=O) groups is 3. The lowest BCUT2D eigenvalue weighted by atomic mass is 10.0. The van der Waals surface area contributed by atoms with Crippen molar-refractivity contribution in [2.45, 2.75) is 31.5 Å². The Morgan fingerprint density at radius 2 is 1.39 bits per heavy atom. The molecule has 10 heteroatoms. The predicted molar refractivity (Wildman–Crippen MR) is 132 cm³/mol. The van der Waals surface area contributed by atoms with Crippen LogP contribution in [0.4, 0.5) is 10.5 Å². The second-order valence-corrected chi connectivity index (χ2v) is 8.00. The topological polar surface area (TPSA) is 154 Å². The lowest BCUT2D eigenvalue weighted by Gasteiger charge is -2.22. The van der Waals surface area contributed by atoms with Crippen LogP contribution in [0.15, 0.2) is 84.9 Å². The van der Waals surface area contributed by atoms with Gasteiger partial charge in [0, 0.05) is 24.5 Å². The molecule has 0 heterocycles. The minimum atomic E-state index is -1.24. The third-order valence-electron chi connectivity index (χ3n) is 5.38. The SMILES string of the molecule is NC(=O)[C@@H](Cc1ccccc1[N+](=O)[O-])NC(=O)[C@H](Cc1ccccc1)NC(=O)OCc1ccccc1. The molecule has 4 N–H and O–H groups in total. The molecule has 186 valence electrons. The van der Waals surface area contributed by atoms with Gasteiger partial charge in [0.2, 0.25) is 11.8 Å². The Balaban J connectivity index is 1.73. The lowest BCUT2D eigenvalue weighted by molar-refractivity contribution is -0.385. The molecule has 0 saturated carbocycles. The first kappa shape index (κ1) is 25.9. The number of hydrogen-bond acceptors (Lipinski definition) is 6. The molecule has 0 bridgehead atoms. The summed E-state index contributed by atoms with van der Waals surface area (Å²) in [7, 11) is 0. The van der Waals surface area contributed by atoms with Gasteiger partial charge in [-0.25, -0.2) is 4.79 Å². The molecule has 0 aromatic heterocycles. The standard InChI is InChI=1S/C26H26N4O6/c27-24(31)21(16-20-13-7-8-14-23(20)30(34)35)28-25(32)22(15-18-9-3-1-4-10-18)29-26(33)36-17-19-11-5-2-6-12-19/h1-14,21-22H,15-17H2,(H2,27,31)(H,28,32)(H,29,33)/t21-,22+/m1/s1. The first-order chi connectivity index (χ1) is 17.3. The van der Waals surface area contributed by atoms with E-state index in [1.807, 2.05) is 24.3 Å². The Labute approximate surface area is 207 Å². The number of carbonyl (C=O) groups excluding carboxylic acids is 3. The highest BCUT2D eigenvalue weighted by Crippen LogP contribution is 2.19. The van der Waals surface area contributed by atoms with Crippen molar-refractivity contribution in [1.29, 1.82) is 0 Å². The zero-order valence-electron chi connectivity index (χ0n) is 19.3. The molecule has 36 heavy (non-hydrogen) atoms. The van der Waals surface area contributed by atoms with E-state index in [2.05, 4.69) is 10.6 Å². The fourth-order valence-corrected chi connectivity index (χ4v) is 3.54. The summed E-state index contributed by atoms with van der Waals surface area (Å²) in [5.41, 5.74) is 7.07. The molecular formula is C26H26N4O6. The highest BCUT2D eigenvalue weighted by molar-refractivity contribution is 5.91. The Hall–Kier alpha value is -4.73. The zero-order chi connectivity index (χ0) is 25.9. The van der Waals surface area contributed by atoms with Crippen molar-refractivity contribution >= 4 is 23.6 Å². The molecule has 0 spiro atoms. The monoisotopic (exact) mass is 490 g/mol. The number of benzene rings is 3. The third-order valence-corrected chi connectivity index (χ3v) is 5.38. The number of nitrogens with one attached hydrogen (secondary N) is 2. The molecule has 0 radical (unpaired) electrons. The Kier molecular flexibility index (Phi) is 9.10. The minimum Gasteiger partial charge on any atom is -0.445 e. The molecule has 3 aromatic rings. The minimum absolute atomic E-state index is 0.00787. The van der Waals surface area contributed by atoms with Gasteiger partial charge in [-0.3, -0.25) is 19.7 Å². The van der Waals surface area contributed by atoms with Crippen LogP contribution in [0.2, 0.25) is 0 Å². The van der Waals surface area contributed by atoms with Crippen LogP contribution in [-0.4, -0.2) is 34.9 Å². The summed E-state index contributed by atoms with van der Waals surface area (Å²) in [6.07, 6.45) is -0.886. The van der Waals surface area contributed by atoms with Crippen LogP contribution >= 0.6 is 0 Å². The number of nitro groups is 1. The smallest absolute Gasteiger partial charge is 0.408 e. The van der Waals surface area contributed by atoms with Crippen molar-refractivity contribution in [2.24, 2.45) is 5.73 Å². The average Bonchev–Trinajstić information content (AvgIpc) is 2.88. The lowest BCUT2D eigenvalue weighted by Crippen LogP contribution is -2.54. The van der Waals surface area contributed by atoms with E-state index in [-0.39, 0.29) is 30.7 Å². The maximum atomic E-state index is 13.2. The molecule has 0 aliphatic heterocycles. The second kappa shape index (κ2) is 12.7. The number of nitrogens with two attached hydrogens (primary N) is 1. The number of primary amides is 1. The van der Waals surface area contributed by atoms with Crippen LogP contribution in [-0.2, 0) is 33.8 Å². The molecule has 0 fully saturated rings. The first-order valence-corrected chi connectivity index (χ1v) is 11.2. The van der Waals surface area contributed by atoms with E-state index in [0.717, 1.165) is 11.1 Å². The summed E-state index contributed by atoms with van der Waals surface area (Å²) in [5.74, 6) is -1.55.